The summed E-state index contributed by atoms with van der Waals surface area (Å²) in [6.07, 6.45) is 1.09. The van der Waals surface area contributed by atoms with Gasteiger partial charge in [-0.3, -0.25) is 4.90 Å². The zero-order valence-corrected chi connectivity index (χ0v) is 12.8. The number of nitrogens with zero attached hydrogens (tertiary/aromatic N) is 3. The molecular formula is C15H18N4OS. The van der Waals surface area contributed by atoms with Crippen LogP contribution in [0.15, 0.2) is 22.7 Å². The second kappa shape index (κ2) is 5.35. The molecule has 0 bridgehead atoms. The maximum atomic E-state index is 5.49. The average Bonchev–Trinajstić information content (AvgIpc) is 3.16. The summed E-state index contributed by atoms with van der Waals surface area (Å²) in [5.41, 5.74) is 3.55. The van der Waals surface area contributed by atoms with Crippen LogP contribution in [-0.2, 0) is 6.42 Å². The molecule has 4 rings (SSSR count). The Kier molecular flexibility index (Phi) is 3.35. The van der Waals surface area contributed by atoms with Crippen LogP contribution in [0, 0.1) is 0 Å². The second-order valence-electron chi connectivity index (χ2n) is 5.58. The van der Waals surface area contributed by atoms with E-state index >= 15 is 0 Å². The highest BCUT2D eigenvalue weighted by molar-refractivity contribution is 7.99. The maximum Gasteiger partial charge on any atom is 0.258 e. The van der Waals surface area contributed by atoms with Gasteiger partial charge in [0.15, 0.2) is 5.82 Å². The first kappa shape index (κ1) is 13.2. The first-order chi connectivity index (χ1) is 10.3. The van der Waals surface area contributed by atoms with Crippen molar-refractivity contribution in [3.8, 4) is 11.5 Å². The van der Waals surface area contributed by atoms with E-state index in [-0.39, 0.29) is 6.04 Å². The van der Waals surface area contributed by atoms with E-state index in [0.717, 1.165) is 36.7 Å². The lowest BCUT2D eigenvalue weighted by atomic mass is 10.1. The van der Waals surface area contributed by atoms with E-state index in [4.69, 9.17) is 4.52 Å². The standard InChI is InChI=1S/C15H18N4OS/c1-19-6-7-21-9-13(19)14-17-15(20-18-14)11-3-2-10-4-5-16-12(10)8-11/h2-3,8,13,16H,4-7,9H2,1H3. The molecule has 1 unspecified atom stereocenters. The quantitative estimate of drug-likeness (QED) is 0.919. The van der Waals surface area contributed by atoms with Gasteiger partial charge in [0.25, 0.3) is 5.89 Å². The van der Waals surface area contributed by atoms with Crippen molar-refractivity contribution in [2.45, 2.75) is 12.5 Å². The molecule has 0 amide bonds. The Bertz CT molecular complexity index is 657. The highest BCUT2D eigenvalue weighted by Gasteiger charge is 2.26. The van der Waals surface area contributed by atoms with Gasteiger partial charge in [0, 0.05) is 35.8 Å². The van der Waals surface area contributed by atoms with Gasteiger partial charge in [0.05, 0.1) is 6.04 Å². The molecule has 2 aliphatic heterocycles. The van der Waals surface area contributed by atoms with E-state index < -0.39 is 0 Å². The third-order valence-electron chi connectivity index (χ3n) is 4.20. The minimum Gasteiger partial charge on any atom is -0.384 e. The molecule has 1 atom stereocenters. The van der Waals surface area contributed by atoms with E-state index in [1.807, 2.05) is 11.8 Å². The molecule has 1 N–H and O–H groups in total. The van der Waals surface area contributed by atoms with Crippen LogP contribution in [0.25, 0.3) is 11.5 Å². The summed E-state index contributed by atoms with van der Waals surface area (Å²) in [5, 5.41) is 7.58. The molecule has 2 aromatic rings. The van der Waals surface area contributed by atoms with Crippen molar-refractivity contribution >= 4 is 17.4 Å². The van der Waals surface area contributed by atoms with E-state index in [0.29, 0.717) is 5.89 Å². The summed E-state index contributed by atoms with van der Waals surface area (Å²) in [5.74, 6) is 3.62. The minimum atomic E-state index is 0.258. The predicted octanol–water partition coefficient (Wildman–Crippen LogP) is 2.42. The molecule has 0 aliphatic carbocycles. The van der Waals surface area contributed by atoms with Crippen molar-refractivity contribution in [3.63, 3.8) is 0 Å². The van der Waals surface area contributed by atoms with Gasteiger partial charge in [-0.1, -0.05) is 11.2 Å². The van der Waals surface area contributed by atoms with Crippen molar-refractivity contribution in [2.75, 3.05) is 37.0 Å². The Morgan fingerprint density at radius 2 is 2.38 bits per heavy atom. The molecular weight excluding hydrogens is 284 g/mol. The number of benzene rings is 1. The number of rotatable bonds is 2. The van der Waals surface area contributed by atoms with Gasteiger partial charge in [-0.05, 0) is 31.2 Å². The number of hydrogen-bond donors (Lipinski definition) is 1. The molecule has 1 fully saturated rings. The predicted molar refractivity (Wildman–Crippen MR) is 84.6 cm³/mol. The zero-order chi connectivity index (χ0) is 14.2. The fraction of sp³-hybridized carbons (Fsp3) is 0.467. The number of fused-ring (bicyclic) bond motifs is 1. The molecule has 2 aliphatic rings. The summed E-state index contributed by atoms with van der Waals surface area (Å²) in [6, 6.07) is 6.59. The lowest BCUT2D eigenvalue weighted by Gasteiger charge is -2.29. The van der Waals surface area contributed by atoms with Crippen LogP contribution in [0.5, 0.6) is 0 Å². The molecule has 0 saturated carbocycles. The summed E-state index contributed by atoms with van der Waals surface area (Å²) < 4.78 is 5.49. The Morgan fingerprint density at radius 3 is 3.29 bits per heavy atom. The minimum absolute atomic E-state index is 0.258. The van der Waals surface area contributed by atoms with Crippen LogP contribution < -0.4 is 5.32 Å². The third-order valence-corrected chi connectivity index (χ3v) is 5.23. The van der Waals surface area contributed by atoms with E-state index in [1.165, 1.54) is 17.0 Å². The Labute approximate surface area is 128 Å². The van der Waals surface area contributed by atoms with Crippen molar-refractivity contribution < 1.29 is 4.52 Å². The molecule has 3 heterocycles. The summed E-state index contributed by atoms with van der Waals surface area (Å²) >= 11 is 1.95. The number of aromatic nitrogens is 2. The van der Waals surface area contributed by atoms with Crippen LogP contribution in [-0.4, -0.2) is 46.7 Å². The smallest absolute Gasteiger partial charge is 0.258 e. The molecule has 5 nitrogen and oxygen atoms in total. The molecule has 6 heteroatoms. The molecule has 1 aromatic heterocycles. The second-order valence-corrected chi connectivity index (χ2v) is 6.73. The van der Waals surface area contributed by atoms with Gasteiger partial charge in [-0.15, -0.1) is 0 Å². The van der Waals surface area contributed by atoms with Crippen LogP contribution in [0.4, 0.5) is 5.69 Å². The first-order valence-electron chi connectivity index (χ1n) is 7.30. The first-order valence-corrected chi connectivity index (χ1v) is 8.45. The number of anilines is 1. The molecule has 1 aromatic carbocycles. The van der Waals surface area contributed by atoms with Crippen LogP contribution >= 0.6 is 11.8 Å². The fourth-order valence-electron chi connectivity index (χ4n) is 2.87. The number of thioether (sulfide) groups is 1. The fourth-order valence-corrected chi connectivity index (χ4v) is 4.08. The highest BCUT2D eigenvalue weighted by Crippen LogP contribution is 2.30. The Hall–Kier alpha value is -1.53. The van der Waals surface area contributed by atoms with E-state index in [9.17, 15) is 0 Å². The molecule has 0 radical (unpaired) electrons. The monoisotopic (exact) mass is 302 g/mol. The topological polar surface area (TPSA) is 54.2 Å². The summed E-state index contributed by atoms with van der Waals surface area (Å²) in [6.45, 7) is 2.08. The van der Waals surface area contributed by atoms with Crippen molar-refractivity contribution in [2.24, 2.45) is 0 Å². The van der Waals surface area contributed by atoms with Gasteiger partial charge in [0.2, 0.25) is 0 Å². The van der Waals surface area contributed by atoms with Crippen molar-refractivity contribution in [3.05, 3.63) is 29.6 Å². The Balaban J connectivity index is 1.62. The van der Waals surface area contributed by atoms with Crippen LogP contribution in [0.3, 0.4) is 0 Å². The maximum absolute atomic E-state index is 5.49. The van der Waals surface area contributed by atoms with Gasteiger partial charge in [-0.25, -0.2) is 0 Å². The van der Waals surface area contributed by atoms with Crippen LogP contribution in [0.1, 0.15) is 17.4 Å². The van der Waals surface area contributed by atoms with Crippen molar-refractivity contribution in [1.29, 1.82) is 0 Å². The average molecular weight is 302 g/mol. The van der Waals surface area contributed by atoms with Crippen molar-refractivity contribution in [1.82, 2.24) is 15.0 Å². The van der Waals surface area contributed by atoms with E-state index in [1.54, 1.807) is 0 Å². The molecule has 0 spiro atoms. The molecule has 1 saturated heterocycles. The van der Waals surface area contributed by atoms with E-state index in [2.05, 4.69) is 45.6 Å². The SMILES string of the molecule is CN1CCSCC1c1noc(-c2ccc3c(c2)NCC3)n1. The normalized spacial score (nSPS) is 22.0. The third kappa shape index (κ3) is 2.42. The zero-order valence-electron chi connectivity index (χ0n) is 12.0. The van der Waals surface area contributed by atoms with Gasteiger partial charge in [0.1, 0.15) is 0 Å². The molecule has 110 valence electrons. The van der Waals surface area contributed by atoms with Crippen LogP contribution in [0.2, 0.25) is 0 Å². The molecule has 21 heavy (non-hydrogen) atoms. The van der Waals surface area contributed by atoms with Gasteiger partial charge < -0.3 is 9.84 Å². The van der Waals surface area contributed by atoms with Gasteiger partial charge in [-0.2, -0.15) is 16.7 Å². The Morgan fingerprint density at radius 1 is 1.43 bits per heavy atom. The lowest BCUT2D eigenvalue weighted by Crippen LogP contribution is -2.33. The summed E-state index contributed by atoms with van der Waals surface area (Å²) in [7, 11) is 2.12. The highest BCUT2D eigenvalue weighted by atomic mass is 32.2. The largest absolute Gasteiger partial charge is 0.384 e. The number of nitrogens with one attached hydrogen (secondary N) is 1. The van der Waals surface area contributed by atoms with Gasteiger partial charge >= 0.3 is 0 Å². The lowest BCUT2D eigenvalue weighted by molar-refractivity contribution is 0.257. The number of hydrogen-bond acceptors (Lipinski definition) is 6. The summed E-state index contributed by atoms with van der Waals surface area (Å²) in [4.78, 5) is 6.92.